The van der Waals surface area contributed by atoms with E-state index in [1.54, 1.807) is 68.6 Å². The molecular formula is C37H37F3N6O7S. The zero-order valence-electron chi connectivity index (χ0n) is 30.2. The number of rotatable bonds is 15. The van der Waals surface area contributed by atoms with Crippen molar-refractivity contribution in [2.45, 2.75) is 51.7 Å². The molecule has 0 unspecified atom stereocenters. The van der Waals surface area contributed by atoms with Crippen molar-refractivity contribution in [3.05, 3.63) is 95.2 Å². The minimum atomic E-state index is -4.92. The fraction of sp³-hybridized carbons (Fsp3) is 0.297. The van der Waals surface area contributed by atoms with Crippen molar-refractivity contribution >= 4 is 29.3 Å². The molecule has 0 aliphatic heterocycles. The molecule has 3 aromatic carbocycles. The van der Waals surface area contributed by atoms with Gasteiger partial charge in [-0.2, -0.15) is 23.1 Å². The molecule has 0 radical (unpaired) electrons. The fourth-order valence-electron chi connectivity index (χ4n) is 4.65. The van der Waals surface area contributed by atoms with E-state index in [1.165, 1.54) is 26.5 Å². The lowest BCUT2D eigenvalue weighted by molar-refractivity contribution is -0.156. The van der Waals surface area contributed by atoms with Crippen molar-refractivity contribution in [2.24, 2.45) is 5.41 Å². The van der Waals surface area contributed by atoms with Gasteiger partial charge in [-0.15, -0.1) is 5.10 Å². The minimum Gasteiger partial charge on any atom is -0.497 e. The fourth-order valence-corrected chi connectivity index (χ4v) is 5.00. The molecule has 0 fully saturated rings. The summed E-state index contributed by atoms with van der Waals surface area (Å²) in [6.07, 6.45) is -1.55. The van der Waals surface area contributed by atoms with E-state index in [0.29, 0.717) is 29.0 Å². The highest BCUT2D eigenvalue weighted by atomic mass is 32.2. The molecule has 5 aromatic rings. The number of nitrogens with one attached hydrogen (secondary N) is 1. The molecule has 5 rings (SSSR count). The maximum atomic E-state index is 14.6. The Kier molecular flexibility index (Phi) is 12.3. The zero-order valence-corrected chi connectivity index (χ0v) is 31.0. The van der Waals surface area contributed by atoms with Crippen LogP contribution in [0.4, 0.5) is 18.9 Å². The SMILES string of the molecule is CCC(C)(C)C(=O)On1cc(-c2ccc(NC(=O)c3c(OCc4ccc(OC)cc4)nc(SC)nc3OCc3ccc(OC)cc3)c(C(F)(F)F)c2)nn1. The van der Waals surface area contributed by atoms with Gasteiger partial charge in [0.2, 0.25) is 11.8 Å². The summed E-state index contributed by atoms with van der Waals surface area (Å²) < 4.78 is 66.2. The van der Waals surface area contributed by atoms with Crippen molar-refractivity contribution in [1.82, 2.24) is 25.1 Å². The first-order valence-corrected chi connectivity index (χ1v) is 17.6. The monoisotopic (exact) mass is 766 g/mol. The maximum absolute atomic E-state index is 14.6. The second-order valence-electron chi connectivity index (χ2n) is 12.3. The van der Waals surface area contributed by atoms with E-state index >= 15 is 0 Å². The molecule has 2 heterocycles. The Balaban J connectivity index is 1.48. The number of carbonyl (C=O) groups is 2. The van der Waals surface area contributed by atoms with Gasteiger partial charge in [-0.1, -0.05) is 53.9 Å². The average Bonchev–Trinajstić information content (AvgIpc) is 3.64. The normalized spacial score (nSPS) is 11.5. The van der Waals surface area contributed by atoms with Crippen LogP contribution in [0, 0.1) is 5.41 Å². The van der Waals surface area contributed by atoms with Gasteiger partial charge in [-0.3, -0.25) is 4.79 Å². The lowest BCUT2D eigenvalue weighted by Gasteiger charge is -2.18. The molecule has 54 heavy (non-hydrogen) atoms. The van der Waals surface area contributed by atoms with Crippen LogP contribution in [0.2, 0.25) is 0 Å². The van der Waals surface area contributed by atoms with E-state index in [0.717, 1.165) is 28.7 Å². The Morgan fingerprint density at radius 1 is 0.852 bits per heavy atom. The standard InChI is InChI=1S/C37H37F3N6O7S/c1-7-36(2,3)34(48)53-46-19-29(44-45-46)24-12-17-28(27(18-24)37(38,39)40)41-31(47)30-32(51-20-22-8-13-25(49-4)14-9-22)42-35(54-6)43-33(30)52-21-23-10-15-26(50-5)16-11-23/h8-19H,7,20-21H2,1-6H3,(H,41,47). The molecule has 0 bridgehead atoms. The topological polar surface area (TPSA) is 149 Å². The minimum absolute atomic E-state index is 0.00272. The van der Waals surface area contributed by atoms with E-state index in [2.05, 4.69) is 25.6 Å². The van der Waals surface area contributed by atoms with Crippen LogP contribution in [0.25, 0.3) is 11.3 Å². The summed E-state index contributed by atoms with van der Waals surface area (Å²) >= 11 is 1.15. The summed E-state index contributed by atoms with van der Waals surface area (Å²) in [5, 5.41) is 10.2. The molecule has 0 saturated carbocycles. The Bertz CT molecular complexity index is 2020. The molecule has 13 nitrogen and oxygen atoms in total. The summed E-state index contributed by atoms with van der Waals surface area (Å²) in [5.41, 5.74) is -1.53. The van der Waals surface area contributed by atoms with E-state index in [4.69, 9.17) is 23.8 Å². The number of ether oxygens (including phenoxy) is 4. The van der Waals surface area contributed by atoms with Crippen LogP contribution >= 0.6 is 11.8 Å². The summed E-state index contributed by atoms with van der Waals surface area (Å²) in [5.74, 6) is -0.799. The Labute approximate surface area is 313 Å². The van der Waals surface area contributed by atoms with Gasteiger partial charge < -0.3 is 29.1 Å². The number of aromatic nitrogens is 5. The molecule has 0 spiro atoms. The molecule has 0 aliphatic rings. The Morgan fingerprint density at radius 3 is 1.89 bits per heavy atom. The second kappa shape index (κ2) is 16.9. The summed E-state index contributed by atoms with van der Waals surface area (Å²) in [6.45, 7) is 5.07. The van der Waals surface area contributed by atoms with Gasteiger partial charge in [0.25, 0.3) is 5.91 Å². The van der Waals surface area contributed by atoms with Gasteiger partial charge in [0.05, 0.1) is 37.1 Å². The van der Waals surface area contributed by atoms with Crippen molar-refractivity contribution < 1.29 is 46.5 Å². The van der Waals surface area contributed by atoms with Crippen LogP contribution in [0.5, 0.6) is 23.3 Å². The number of amides is 1. The van der Waals surface area contributed by atoms with Crippen LogP contribution in [0.15, 0.2) is 78.1 Å². The predicted molar refractivity (Wildman–Crippen MR) is 193 cm³/mol. The van der Waals surface area contributed by atoms with Crippen molar-refractivity contribution in [2.75, 3.05) is 25.8 Å². The maximum Gasteiger partial charge on any atom is 0.418 e. The summed E-state index contributed by atoms with van der Waals surface area (Å²) in [4.78, 5) is 41.3. The number of nitrogens with zero attached hydrogens (tertiary/aromatic N) is 5. The molecule has 0 atom stereocenters. The number of hydrogen-bond acceptors (Lipinski definition) is 12. The summed E-state index contributed by atoms with van der Waals surface area (Å²) in [6, 6.07) is 17.1. The smallest absolute Gasteiger partial charge is 0.418 e. The molecule has 1 N–H and O–H groups in total. The lowest BCUT2D eigenvalue weighted by atomic mass is 9.91. The quantitative estimate of drug-likeness (QED) is 0.0648. The van der Waals surface area contributed by atoms with Crippen molar-refractivity contribution in [1.29, 1.82) is 0 Å². The summed E-state index contributed by atoms with van der Waals surface area (Å²) in [7, 11) is 3.07. The number of benzene rings is 3. The van der Waals surface area contributed by atoms with Gasteiger partial charge in [0.1, 0.15) is 30.4 Å². The average molecular weight is 767 g/mol. The molecule has 0 aliphatic carbocycles. The highest BCUT2D eigenvalue weighted by Gasteiger charge is 2.36. The second-order valence-corrected chi connectivity index (χ2v) is 13.1. The lowest BCUT2D eigenvalue weighted by Crippen LogP contribution is -2.33. The zero-order chi connectivity index (χ0) is 39.0. The number of alkyl halides is 3. The van der Waals surface area contributed by atoms with Crippen LogP contribution in [0.1, 0.15) is 54.2 Å². The first-order valence-electron chi connectivity index (χ1n) is 16.4. The van der Waals surface area contributed by atoms with Gasteiger partial charge in [0.15, 0.2) is 10.7 Å². The highest BCUT2D eigenvalue weighted by molar-refractivity contribution is 7.98. The number of carbonyl (C=O) groups excluding carboxylic acids is 2. The van der Waals surface area contributed by atoms with Crippen LogP contribution < -0.4 is 29.1 Å². The van der Waals surface area contributed by atoms with Crippen molar-refractivity contribution in [3.63, 3.8) is 0 Å². The number of anilines is 1. The van der Waals surface area contributed by atoms with Gasteiger partial charge in [-0.25, -0.2) is 4.79 Å². The third-order valence-corrected chi connectivity index (χ3v) is 8.80. The Hall–Kier alpha value is -5.84. The Morgan fingerprint density at radius 2 is 1.41 bits per heavy atom. The first-order chi connectivity index (χ1) is 25.7. The molecule has 1 amide bonds. The number of methoxy groups -OCH3 is 2. The molecule has 0 saturated heterocycles. The first kappa shape index (κ1) is 39.4. The van der Waals surface area contributed by atoms with Gasteiger partial charge in [0, 0.05) is 5.56 Å². The molecule has 17 heteroatoms. The highest BCUT2D eigenvalue weighted by Crippen LogP contribution is 2.39. The number of thioether (sulfide) groups is 1. The van der Waals surface area contributed by atoms with E-state index in [9.17, 15) is 22.8 Å². The molecule has 2 aromatic heterocycles. The van der Waals surface area contributed by atoms with Crippen LogP contribution in [-0.4, -0.2) is 57.5 Å². The van der Waals surface area contributed by atoms with E-state index in [-0.39, 0.29) is 47.0 Å². The molecule has 284 valence electrons. The van der Waals surface area contributed by atoms with Crippen LogP contribution in [0.3, 0.4) is 0 Å². The van der Waals surface area contributed by atoms with Gasteiger partial charge in [-0.05, 0) is 79.3 Å². The molecular weight excluding hydrogens is 730 g/mol. The third kappa shape index (κ3) is 9.57. The number of halogens is 3. The van der Waals surface area contributed by atoms with Crippen LogP contribution in [-0.2, 0) is 24.2 Å². The number of hydrogen-bond donors (Lipinski definition) is 1. The van der Waals surface area contributed by atoms with E-state index in [1.807, 2.05) is 6.92 Å². The van der Waals surface area contributed by atoms with E-state index < -0.39 is 34.7 Å². The third-order valence-electron chi connectivity index (χ3n) is 8.26. The van der Waals surface area contributed by atoms with Gasteiger partial charge >= 0.3 is 12.1 Å². The van der Waals surface area contributed by atoms with Crippen molar-refractivity contribution in [3.8, 4) is 34.5 Å². The largest absolute Gasteiger partial charge is 0.497 e. The predicted octanol–water partition coefficient (Wildman–Crippen LogP) is 7.29.